The third-order valence-electron chi connectivity index (χ3n) is 9.68. The Bertz CT molecular complexity index is 1810. The van der Waals surface area contributed by atoms with E-state index in [1.165, 1.54) is 117 Å². The van der Waals surface area contributed by atoms with Crippen LogP contribution < -0.4 is 0 Å². The van der Waals surface area contributed by atoms with Crippen LogP contribution >= 0.6 is 21.6 Å². The Kier molecular flexibility index (Phi) is 11.3. The summed E-state index contributed by atoms with van der Waals surface area (Å²) in [6.07, 6.45) is 14.5. The Labute approximate surface area is 285 Å². The number of hydrogen-bond acceptors (Lipinski definition) is 2. The van der Waals surface area contributed by atoms with Crippen LogP contribution in [-0.2, 0) is 25.7 Å². The fourth-order valence-corrected chi connectivity index (χ4v) is 10.0. The van der Waals surface area contributed by atoms with Gasteiger partial charge in [0, 0.05) is 9.79 Å². The van der Waals surface area contributed by atoms with Crippen LogP contribution in [0, 0.1) is 0 Å². The highest BCUT2D eigenvalue weighted by atomic mass is 33.1. The first kappa shape index (κ1) is 33.0. The van der Waals surface area contributed by atoms with Gasteiger partial charge in [-0.05, 0) is 141 Å². The number of unbranched alkanes of at least 4 members (excludes halogenated alkanes) is 4. The number of fused-ring (bicyclic) bond motifs is 4. The van der Waals surface area contributed by atoms with Gasteiger partial charge in [0.25, 0.3) is 0 Å². The molecule has 0 fully saturated rings. The van der Waals surface area contributed by atoms with Gasteiger partial charge in [-0.3, -0.25) is 0 Å². The largest absolute Gasteiger partial charge is 0.0654 e. The van der Waals surface area contributed by atoms with Gasteiger partial charge in [0.1, 0.15) is 0 Å². The molecule has 0 aromatic heterocycles. The fourth-order valence-electron chi connectivity index (χ4n) is 7.02. The van der Waals surface area contributed by atoms with Gasteiger partial charge in [-0.15, -0.1) is 0 Å². The van der Waals surface area contributed by atoms with E-state index in [0.29, 0.717) is 0 Å². The topological polar surface area (TPSA) is 0 Å². The van der Waals surface area contributed by atoms with Crippen molar-refractivity contribution in [1.29, 1.82) is 0 Å². The number of benzene rings is 6. The molecule has 238 valence electrons. The minimum atomic E-state index is 1.16. The predicted octanol–water partition coefficient (Wildman–Crippen LogP) is 14.5. The molecule has 0 N–H and O–H groups in total. The second-order valence-corrected chi connectivity index (χ2v) is 15.3. The van der Waals surface area contributed by atoms with Gasteiger partial charge >= 0.3 is 0 Å². The van der Waals surface area contributed by atoms with E-state index in [9.17, 15) is 0 Å². The highest BCUT2D eigenvalue weighted by molar-refractivity contribution is 8.76. The van der Waals surface area contributed by atoms with Gasteiger partial charge in [0.15, 0.2) is 0 Å². The van der Waals surface area contributed by atoms with Crippen molar-refractivity contribution >= 4 is 64.7 Å². The first-order valence-electron chi connectivity index (χ1n) is 17.9. The van der Waals surface area contributed by atoms with E-state index in [1.807, 2.05) is 0 Å². The third-order valence-corrected chi connectivity index (χ3v) is 12.3. The summed E-state index contributed by atoms with van der Waals surface area (Å²) in [4.78, 5) is 3.00. The summed E-state index contributed by atoms with van der Waals surface area (Å²) in [6.45, 7) is 9.31. The van der Waals surface area contributed by atoms with Crippen molar-refractivity contribution in [2.75, 3.05) is 0 Å². The van der Waals surface area contributed by atoms with E-state index in [2.05, 4.69) is 134 Å². The van der Waals surface area contributed by atoms with Gasteiger partial charge in [-0.2, -0.15) is 0 Å². The molecule has 0 aliphatic rings. The molecule has 0 nitrogen and oxygen atoms in total. The van der Waals surface area contributed by atoms with E-state index in [-0.39, 0.29) is 0 Å². The fraction of sp³-hybridized carbons (Fsp3) is 0.364. The molecular weight excluding hydrogens is 593 g/mol. The minimum absolute atomic E-state index is 1.16. The lowest BCUT2D eigenvalue weighted by molar-refractivity contribution is 0.751. The lowest BCUT2D eigenvalue weighted by atomic mass is 9.92. The number of hydrogen-bond donors (Lipinski definition) is 0. The van der Waals surface area contributed by atoms with E-state index >= 15 is 0 Å². The summed E-state index contributed by atoms with van der Waals surface area (Å²) in [6, 6.07) is 32.7. The molecule has 46 heavy (non-hydrogen) atoms. The lowest BCUT2D eigenvalue weighted by Gasteiger charge is -2.21. The van der Waals surface area contributed by atoms with Crippen LogP contribution in [0.2, 0.25) is 0 Å². The van der Waals surface area contributed by atoms with E-state index in [1.54, 1.807) is 22.3 Å². The zero-order chi connectivity index (χ0) is 31.9. The zero-order valence-electron chi connectivity index (χ0n) is 28.4. The highest BCUT2D eigenvalue weighted by Crippen LogP contribution is 2.49. The molecule has 6 rings (SSSR count). The van der Waals surface area contributed by atoms with Crippen molar-refractivity contribution < 1.29 is 0 Å². The van der Waals surface area contributed by atoms with Crippen LogP contribution in [0.5, 0.6) is 0 Å². The summed E-state index contributed by atoms with van der Waals surface area (Å²) in [7, 11) is 4.11. The average molecular weight is 643 g/mol. The summed E-state index contributed by atoms with van der Waals surface area (Å²) < 4.78 is 0. The van der Waals surface area contributed by atoms with Gasteiger partial charge in [-0.25, -0.2) is 0 Å². The molecular formula is C44H50S2. The van der Waals surface area contributed by atoms with Crippen LogP contribution in [0.1, 0.15) is 101 Å². The molecule has 0 unspecified atom stereocenters. The maximum atomic E-state index is 2.54. The Morgan fingerprint density at radius 1 is 0.391 bits per heavy atom. The summed E-state index contributed by atoms with van der Waals surface area (Å²) in [5.41, 5.74) is 6.34. The number of rotatable bonds is 15. The quantitative estimate of drug-likeness (QED) is 0.0807. The Balaban J connectivity index is 1.56. The molecule has 0 spiro atoms. The van der Waals surface area contributed by atoms with Crippen molar-refractivity contribution in [2.24, 2.45) is 0 Å². The molecule has 0 aliphatic heterocycles. The number of aryl methyl sites for hydroxylation is 2. The first-order chi connectivity index (χ1) is 22.6. The van der Waals surface area contributed by atoms with Gasteiger partial charge in [0.05, 0.1) is 0 Å². The Hall–Kier alpha value is -2.94. The predicted molar refractivity (Wildman–Crippen MR) is 209 cm³/mol. The van der Waals surface area contributed by atoms with Crippen molar-refractivity contribution in [3.8, 4) is 0 Å². The summed E-state index contributed by atoms with van der Waals surface area (Å²) in [5, 5.41) is 11.0. The summed E-state index contributed by atoms with van der Waals surface area (Å²) in [5.74, 6) is 0. The second-order valence-electron chi connectivity index (χ2n) is 13.1. The van der Waals surface area contributed by atoms with Crippen LogP contribution in [0.25, 0.3) is 43.1 Å². The van der Waals surface area contributed by atoms with E-state index in [0.717, 1.165) is 12.8 Å². The van der Waals surface area contributed by atoms with Crippen molar-refractivity contribution in [3.63, 3.8) is 0 Å². The SMILES string of the molecule is CCCCc1cc2cc3ccccc3cc2c(SSc2c(CCCC)c(CCCC)cc3cc4ccccc4cc23)c1CCCC. The van der Waals surface area contributed by atoms with Crippen molar-refractivity contribution in [2.45, 2.75) is 115 Å². The minimum Gasteiger partial charge on any atom is -0.0654 e. The van der Waals surface area contributed by atoms with Crippen LogP contribution in [0.3, 0.4) is 0 Å². The molecule has 0 aliphatic carbocycles. The maximum Gasteiger partial charge on any atom is 0.0299 e. The monoisotopic (exact) mass is 642 g/mol. The molecule has 2 heteroatoms. The molecule has 0 bridgehead atoms. The molecule has 0 amide bonds. The van der Waals surface area contributed by atoms with Crippen molar-refractivity contribution in [3.05, 3.63) is 107 Å². The van der Waals surface area contributed by atoms with Crippen LogP contribution in [-0.4, -0.2) is 0 Å². The second kappa shape index (κ2) is 15.8. The van der Waals surface area contributed by atoms with Gasteiger partial charge < -0.3 is 0 Å². The van der Waals surface area contributed by atoms with E-state index < -0.39 is 0 Å². The van der Waals surface area contributed by atoms with E-state index in [4.69, 9.17) is 0 Å². The summed E-state index contributed by atoms with van der Waals surface area (Å²) >= 11 is 0. The molecule has 0 radical (unpaired) electrons. The Morgan fingerprint density at radius 2 is 0.739 bits per heavy atom. The third kappa shape index (κ3) is 7.14. The molecule has 6 aromatic rings. The maximum absolute atomic E-state index is 2.54. The van der Waals surface area contributed by atoms with Gasteiger partial charge in [0.2, 0.25) is 0 Å². The molecule has 0 heterocycles. The zero-order valence-corrected chi connectivity index (χ0v) is 30.0. The first-order valence-corrected chi connectivity index (χ1v) is 20.1. The lowest BCUT2D eigenvalue weighted by Crippen LogP contribution is -2.00. The highest BCUT2D eigenvalue weighted by Gasteiger charge is 2.19. The normalized spacial score (nSPS) is 11.8. The molecule has 0 saturated heterocycles. The average Bonchev–Trinajstić information content (AvgIpc) is 3.08. The molecule has 0 saturated carbocycles. The molecule has 0 atom stereocenters. The van der Waals surface area contributed by atoms with Crippen molar-refractivity contribution in [1.82, 2.24) is 0 Å². The molecule has 6 aromatic carbocycles. The van der Waals surface area contributed by atoms with Crippen LogP contribution in [0.15, 0.2) is 94.7 Å². The Morgan fingerprint density at radius 3 is 1.11 bits per heavy atom. The standard InChI is InChI=1S/C44H50S2/c1-5-9-17-35-27-37-25-31-19-13-15-21-33(31)29-41(37)43(39(35)23-11-7-3)45-46-44-40(24-12-8-4)36(18-10-6-2)28-38-26-32-20-14-16-22-34(32)30-42(38)44/h13-16,19-22,25-30H,5-12,17-18,23-24H2,1-4H3. The van der Waals surface area contributed by atoms with Crippen LogP contribution in [0.4, 0.5) is 0 Å². The van der Waals surface area contributed by atoms with Gasteiger partial charge in [-0.1, -0.05) is 136 Å². The smallest absolute Gasteiger partial charge is 0.0299 e.